The second-order valence-electron chi connectivity index (χ2n) is 3.68. The Morgan fingerprint density at radius 2 is 2.06 bits per heavy atom. The molecule has 0 unspecified atom stereocenters. The zero-order valence-corrected chi connectivity index (χ0v) is 11.1. The van der Waals surface area contributed by atoms with Crippen LogP contribution in [0.1, 0.15) is 17.3 Å². The zero-order valence-electron chi connectivity index (χ0n) is 9.57. The standard InChI is InChI=1S/C11H13ClO4S/c1-8(13)9-3-4-11(10(12)7-9)16-5-6-17(2,14)15/h3-4,7H,5-6H2,1-2H3. The summed E-state index contributed by atoms with van der Waals surface area (Å²) in [5.74, 6) is 0.215. The lowest BCUT2D eigenvalue weighted by atomic mass is 10.1. The average molecular weight is 277 g/mol. The number of ketones is 1. The van der Waals surface area contributed by atoms with Crippen LogP contribution in [0.5, 0.6) is 5.75 Å². The van der Waals surface area contributed by atoms with Crippen molar-refractivity contribution in [1.82, 2.24) is 0 Å². The van der Waals surface area contributed by atoms with Gasteiger partial charge >= 0.3 is 0 Å². The number of carbonyl (C=O) groups is 1. The van der Waals surface area contributed by atoms with Crippen molar-refractivity contribution in [2.75, 3.05) is 18.6 Å². The smallest absolute Gasteiger partial charge is 0.159 e. The molecular weight excluding hydrogens is 264 g/mol. The monoisotopic (exact) mass is 276 g/mol. The molecule has 0 radical (unpaired) electrons. The van der Waals surface area contributed by atoms with Gasteiger partial charge in [0.05, 0.1) is 10.8 Å². The molecule has 0 atom stereocenters. The van der Waals surface area contributed by atoms with E-state index in [9.17, 15) is 13.2 Å². The lowest BCUT2D eigenvalue weighted by molar-refractivity contribution is 0.101. The van der Waals surface area contributed by atoms with Crippen LogP contribution in [0.15, 0.2) is 18.2 Å². The summed E-state index contributed by atoms with van der Waals surface area (Å²) in [7, 11) is -3.05. The van der Waals surface area contributed by atoms with Crippen LogP contribution in [0.4, 0.5) is 0 Å². The fourth-order valence-corrected chi connectivity index (χ4v) is 1.76. The molecule has 0 aliphatic heterocycles. The first kappa shape index (κ1) is 14.0. The van der Waals surface area contributed by atoms with E-state index in [-0.39, 0.29) is 18.1 Å². The van der Waals surface area contributed by atoms with E-state index in [1.165, 1.54) is 13.0 Å². The number of Topliss-reactive ketones (excluding diaryl/α,β-unsaturated/α-hetero) is 1. The molecular formula is C11H13ClO4S. The van der Waals surface area contributed by atoms with E-state index in [2.05, 4.69) is 0 Å². The number of ether oxygens (including phenoxy) is 1. The Kier molecular flexibility index (Phi) is 4.54. The molecule has 0 N–H and O–H groups in total. The van der Waals surface area contributed by atoms with E-state index >= 15 is 0 Å². The molecule has 0 fully saturated rings. The number of sulfone groups is 1. The van der Waals surface area contributed by atoms with Gasteiger partial charge in [-0.25, -0.2) is 8.42 Å². The zero-order chi connectivity index (χ0) is 13.1. The molecule has 0 saturated carbocycles. The number of carbonyl (C=O) groups excluding carboxylic acids is 1. The summed E-state index contributed by atoms with van der Waals surface area (Å²) in [6.07, 6.45) is 1.14. The number of benzene rings is 1. The first-order valence-corrected chi connectivity index (χ1v) is 7.34. The van der Waals surface area contributed by atoms with Crippen molar-refractivity contribution in [1.29, 1.82) is 0 Å². The molecule has 6 heteroatoms. The maximum absolute atomic E-state index is 11.1. The number of hydrogen-bond acceptors (Lipinski definition) is 4. The number of halogens is 1. The van der Waals surface area contributed by atoms with Gasteiger partial charge in [-0.2, -0.15) is 0 Å². The maximum Gasteiger partial charge on any atom is 0.159 e. The lowest BCUT2D eigenvalue weighted by Gasteiger charge is -2.08. The Hall–Kier alpha value is -1.07. The summed E-state index contributed by atoms with van der Waals surface area (Å²) in [5, 5.41) is 0.297. The van der Waals surface area contributed by atoms with Gasteiger partial charge in [0, 0.05) is 11.8 Å². The third-order valence-electron chi connectivity index (χ3n) is 2.05. The molecule has 0 heterocycles. The summed E-state index contributed by atoms with van der Waals surface area (Å²) in [6.45, 7) is 1.48. The largest absolute Gasteiger partial charge is 0.491 e. The molecule has 0 aromatic heterocycles. The highest BCUT2D eigenvalue weighted by Crippen LogP contribution is 2.25. The van der Waals surface area contributed by atoms with Gasteiger partial charge in [-0.3, -0.25) is 4.79 Å². The Labute approximate surface area is 105 Å². The minimum absolute atomic E-state index is 0.0397. The van der Waals surface area contributed by atoms with E-state index < -0.39 is 9.84 Å². The predicted octanol–water partition coefficient (Wildman–Crippen LogP) is 1.97. The highest BCUT2D eigenvalue weighted by Gasteiger charge is 2.07. The van der Waals surface area contributed by atoms with Crippen LogP contribution in [0, 0.1) is 0 Å². The van der Waals surface area contributed by atoms with E-state index in [0.717, 1.165) is 6.26 Å². The van der Waals surface area contributed by atoms with Gasteiger partial charge in [-0.1, -0.05) is 11.6 Å². The molecule has 0 saturated heterocycles. The number of rotatable bonds is 5. The number of hydrogen-bond donors (Lipinski definition) is 0. The summed E-state index contributed by atoms with van der Waals surface area (Å²) < 4.78 is 27.0. The van der Waals surface area contributed by atoms with E-state index in [1.54, 1.807) is 12.1 Å². The highest BCUT2D eigenvalue weighted by atomic mass is 35.5. The van der Waals surface area contributed by atoms with Crippen molar-refractivity contribution >= 4 is 27.2 Å². The predicted molar refractivity (Wildman–Crippen MR) is 66.7 cm³/mol. The molecule has 1 aromatic rings. The Balaban J connectivity index is 2.70. The lowest BCUT2D eigenvalue weighted by Crippen LogP contribution is -2.12. The van der Waals surface area contributed by atoms with Crippen molar-refractivity contribution in [3.05, 3.63) is 28.8 Å². The fourth-order valence-electron chi connectivity index (χ4n) is 1.14. The molecule has 4 nitrogen and oxygen atoms in total. The second-order valence-corrected chi connectivity index (χ2v) is 6.35. The third kappa shape index (κ3) is 4.75. The van der Waals surface area contributed by atoms with Crippen LogP contribution in [0.3, 0.4) is 0 Å². The summed E-state index contributed by atoms with van der Waals surface area (Å²) in [6, 6.07) is 4.64. The molecule has 94 valence electrons. The second kappa shape index (κ2) is 5.51. The normalized spacial score (nSPS) is 11.2. The topological polar surface area (TPSA) is 60.4 Å². The van der Waals surface area contributed by atoms with E-state index in [0.29, 0.717) is 16.3 Å². The maximum atomic E-state index is 11.1. The van der Waals surface area contributed by atoms with Gasteiger partial charge in [0.2, 0.25) is 0 Å². The van der Waals surface area contributed by atoms with Crippen molar-refractivity contribution in [2.45, 2.75) is 6.92 Å². The highest BCUT2D eigenvalue weighted by molar-refractivity contribution is 7.90. The summed E-state index contributed by atoms with van der Waals surface area (Å²) in [4.78, 5) is 11.1. The van der Waals surface area contributed by atoms with Crippen molar-refractivity contribution < 1.29 is 17.9 Å². The van der Waals surface area contributed by atoms with Gasteiger partial charge in [-0.05, 0) is 25.1 Å². The third-order valence-corrected chi connectivity index (χ3v) is 3.25. The Bertz CT molecular complexity index is 522. The van der Waals surface area contributed by atoms with Crippen molar-refractivity contribution in [3.8, 4) is 5.75 Å². The molecule has 0 spiro atoms. The minimum atomic E-state index is -3.05. The minimum Gasteiger partial charge on any atom is -0.491 e. The molecule has 1 rings (SSSR count). The van der Waals surface area contributed by atoms with Crippen LogP contribution in [-0.2, 0) is 9.84 Å². The summed E-state index contributed by atoms with van der Waals surface area (Å²) in [5.41, 5.74) is 0.491. The van der Waals surface area contributed by atoms with Gasteiger partial charge in [0.1, 0.15) is 12.4 Å². The SMILES string of the molecule is CC(=O)c1ccc(OCCS(C)(=O)=O)c(Cl)c1. The fraction of sp³-hybridized carbons (Fsp3) is 0.364. The first-order valence-electron chi connectivity index (χ1n) is 4.90. The van der Waals surface area contributed by atoms with Gasteiger partial charge < -0.3 is 4.74 Å². The van der Waals surface area contributed by atoms with Gasteiger partial charge in [0.15, 0.2) is 15.6 Å². The molecule has 0 amide bonds. The van der Waals surface area contributed by atoms with Crippen LogP contribution >= 0.6 is 11.6 Å². The Morgan fingerprint density at radius 3 is 2.53 bits per heavy atom. The average Bonchev–Trinajstić information content (AvgIpc) is 2.18. The molecule has 17 heavy (non-hydrogen) atoms. The summed E-state index contributed by atoms with van der Waals surface area (Å²) >= 11 is 5.90. The van der Waals surface area contributed by atoms with Crippen LogP contribution < -0.4 is 4.74 Å². The molecule has 0 bridgehead atoms. The van der Waals surface area contributed by atoms with Crippen LogP contribution in [-0.4, -0.2) is 32.8 Å². The van der Waals surface area contributed by atoms with Crippen LogP contribution in [0.2, 0.25) is 5.02 Å². The van der Waals surface area contributed by atoms with Gasteiger partial charge in [0.25, 0.3) is 0 Å². The molecule has 0 aliphatic rings. The first-order chi connectivity index (χ1) is 7.79. The van der Waals surface area contributed by atoms with Crippen molar-refractivity contribution in [2.24, 2.45) is 0 Å². The van der Waals surface area contributed by atoms with E-state index in [4.69, 9.17) is 16.3 Å². The van der Waals surface area contributed by atoms with Crippen molar-refractivity contribution in [3.63, 3.8) is 0 Å². The van der Waals surface area contributed by atoms with Crippen LogP contribution in [0.25, 0.3) is 0 Å². The van der Waals surface area contributed by atoms with Gasteiger partial charge in [-0.15, -0.1) is 0 Å². The quantitative estimate of drug-likeness (QED) is 0.772. The molecule has 0 aliphatic carbocycles. The Morgan fingerprint density at radius 1 is 1.41 bits per heavy atom. The molecule has 1 aromatic carbocycles. The van der Waals surface area contributed by atoms with E-state index in [1.807, 2.05) is 0 Å².